The van der Waals surface area contributed by atoms with E-state index in [1.54, 1.807) is 0 Å². The van der Waals surface area contributed by atoms with Crippen molar-refractivity contribution in [2.45, 2.75) is 64.9 Å². The van der Waals surface area contributed by atoms with Gasteiger partial charge in [-0.2, -0.15) is 0 Å². The molecule has 1 aliphatic carbocycles. The largest absolute Gasteiger partial charge is 0.389 e. The first kappa shape index (κ1) is 16.9. The Balaban J connectivity index is 1.91. The first-order chi connectivity index (χ1) is 9.22. The third kappa shape index (κ3) is 8.61. The lowest BCUT2D eigenvalue weighted by atomic mass is 9.81. The van der Waals surface area contributed by atoms with Crippen LogP contribution in [0.1, 0.15) is 58.8 Å². The molecule has 0 aromatic carbocycles. The minimum Gasteiger partial charge on any atom is -0.389 e. The lowest BCUT2D eigenvalue weighted by molar-refractivity contribution is 0.0358. The van der Waals surface area contributed by atoms with Crippen molar-refractivity contribution in [3.8, 4) is 0 Å². The van der Waals surface area contributed by atoms with Crippen molar-refractivity contribution in [3.63, 3.8) is 0 Å². The highest BCUT2D eigenvalue weighted by Crippen LogP contribution is 2.30. The van der Waals surface area contributed by atoms with Gasteiger partial charge in [-0.25, -0.2) is 0 Å². The third-order valence-electron chi connectivity index (χ3n) is 4.11. The van der Waals surface area contributed by atoms with Crippen molar-refractivity contribution >= 4 is 0 Å². The number of hydrogen-bond donors (Lipinski definition) is 2. The highest BCUT2D eigenvalue weighted by molar-refractivity contribution is 4.71. The molecule has 19 heavy (non-hydrogen) atoms. The number of unbranched alkanes of at least 4 members (excludes halogenated alkanes) is 1. The van der Waals surface area contributed by atoms with Gasteiger partial charge in [-0.15, -0.1) is 0 Å². The van der Waals surface area contributed by atoms with Crippen LogP contribution in [0.3, 0.4) is 0 Å². The van der Waals surface area contributed by atoms with E-state index >= 15 is 0 Å². The molecule has 0 radical (unpaired) electrons. The molecule has 3 nitrogen and oxygen atoms in total. The van der Waals surface area contributed by atoms with Crippen LogP contribution in [0.5, 0.6) is 0 Å². The second-order valence-electron chi connectivity index (χ2n) is 6.21. The number of hydrogen-bond acceptors (Lipinski definition) is 3. The van der Waals surface area contributed by atoms with Gasteiger partial charge in [0.15, 0.2) is 0 Å². The fourth-order valence-corrected chi connectivity index (χ4v) is 2.92. The standard InChI is InChI=1S/C16H33NO2/c1-3-4-10-19-13-16(18)12-17-9-8-15-7-5-6-14(2)11-15/h14-18H,3-13H2,1-2H3. The molecular formula is C16H33NO2. The van der Waals surface area contributed by atoms with E-state index in [4.69, 9.17) is 4.74 Å². The number of aliphatic hydroxyl groups is 1. The van der Waals surface area contributed by atoms with Gasteiger partial charge in [0.2, 0.25) is 0 Å². The van der Waals surface area contributed by atoms with Crippen molar-refractivity contribution in [3.05, 3.63) is 0 Å². The van der Waals surface area contributed by atoms with E-state index in [-0.39, 0.29) is 6.10 Å². The van der Waals surface area contributed by atoms with Gasteiger partial charge in [-0.3, -0.25) is 0 Å². The molecular weight excluding hydrogens is 238 g/mol. The van der Waals surface area contributed by atoms with Gasteiger partial charge in [-0.1, -0.05) is 39.5 Å². The maximum absolute atomic E-state index is 9.74. The first-order valence-corrected chi connectivity index (χ1v) is 8.18. The van der Waals surface area contributed by atoms with Crippen molar-refractivity contribution in [2.24, 2.45) is 11.8 Å². The average molecular weight is 271 g/mol. The molecule has 0 aromatic rings. The molecule has 0 spiro atoms. The Hall–Kier alpha value is -0.120. The van der Waals surface area contributed by atoms with Crippen molar-refractivity contribution in [1.29, 1.82) is 0 Å². The Morgan fingerprint density at radius 1 is 1.37 bits per heavy atom. The van der Waals surface area contributed by atoms with Gasteiger partial charge in [0.1, 0.15) is 0 Å². The zero-order valence-electron chi connectivity index (χ0n) is 12.9. The Bertz CT molecular complexity index is 211. The van der Waals surface area contributed by atoms with Gasteiger partial charge in [-0.05, 0) is 37.6 Å². The monoisotopic (exact) mass is 271 g/mol. The molecule has 1 fully saturated rings. The predicted octanol–water partition coefficient (Wildman–Crippen LogP) is 2.97. The summed E-state index contributed by atoms with van der Waals surface area (Å²) >= 11 is 0. The Morgan fingerprint density at radius 2 is 2.21 bits per heavy atom. The molecule has 0 amide bonds. The summed E-state index contributed by atoms with van der Waals surface area (Å²) in [7, 11) is 0. The Kier molecular flexibility index (Phi) is 9.48. The van der Waals surface area contributed by atoms with Crippen molar-refractivity contribution < 1.29 is 9.84 Å². The summed E-state index contributed by atoms with van der Waals surface area (Å²) in [5.41, 5.74) is 0. The zero-order chi connectivity index (χ0) is 13.9. The molecule has 1 rings (SSSR count). The number of aliphatic hydroxyl groups excluding tert-OH is 1. The Morgan fingerprint density at radius 3 is 2.95 bits per heavy atom. The van der Waals surface area contributed by atoms with Gasteiger partial charge in [0.05, 0.1) is 12.7 Å². The highest BCUT2D eigenvalue weighted by Gasteiger charge is 2.18. The molecule has 114 valence electrons. The molecule has 1 saturated carbocycles. The minimum absolute atomic E-state index is 0.359. The highest BCUT2D eigenvalue weighted by atomic mass is 16.5. The number of nitrogens with one attached hydrogen (secondary N) is 1. The molecule has 0 heterocycles. The van der Waals surface area contributed by atoms with Gasteiger partial charge >= 0.3 is 0 Å². The summed E-state index contributed by atoms with van der Waals surface area (Å²) in [5.74, 6) is 1.81. The van der Waals surface area contributed by atoms with Gasteiger partial charge in [0.25, 0.3) is 0 Å². The van der Waals surface area contributed by atoms with Crippen LogP contribution in [0.2, 0.25) is 0 Å². The van der Waals surface area contributed by atoms with E-state index in [1.807, 2.05) is 0 Å². The van der Waals surface area contributed by atoms with Crippen LogP contribution in [-0.2, 0) is 4.74 Å². The fraction of sp³-hybridized carbons (Fsp3) is 1.00. The lowest BCUT2D eigenvalue weighted by Gasteiger charge is -2.26. The zero-order valence-corrected chi connectivity index (χ0v) is 12.9. The molecule has 0 aliphatic heterocycles. The van der Waals surface area contributed by atoms with Crippen LogP contribution < -0.4 is 5.32 Å². The van der Waals surface area contributed by atoms with E-state index in [9.17, 15) is 5.11 Å². The van der Waals surface area contributed by atoms with Crippen LogP contribution in [0.15, 0.2) is 0 Å². The van der Waals surface area contributed by atoms with Crippen LogP contribution in [0.4, 0.5) is 0 Å². The maximum Gasteiger partial charge on any atom is 0.0897 e. The molecule has 0 aromatic heterocycles. The quantitative estimate of drug-likeness (QED) is 0.600. The predicted molar refractivity (Wildman–Crippen MR) is 80.3 cm³/mol. The number of rotatable bonds is 10. The summed E-state index contributed by atoms with van der Waals surface area (Å²) < 4.78 is 5.41. The van der Waals surface area contributed by atoms with Crippen molar-refractivity contribution in [1.82, 2.24) is 5.32 Å². The van der Waals surface area contributed by atoms with E-state index < -0.39 is 0 Å². The van der Waals surface area contributed by atoms with E-state index in [0.717, 1.165) is 37.8 Å². The van der Waals surface area contributed by atoms with E-state index in [0.29, 0.717) is 13.2 Å². The molecule has 1 aliphatic rings. The summed E-state index contributed by atoms with van der Waals surface area (Å²) in [5, 5.41) is 13.1. The van der Waals surface area contributed by atoms with Crippen LogP contribution in [0.25, 0.3) is 0 Å². The molecule has 3 heteroatoms. The van der Waals surface area contributed by atoms with Crippen molar-refractivity contribution in [2.75, 3.05) is 26.3 Å². The lowest BCUT2D eigenvalue weighted by Crippen LogP contribution is -2.32. The summed E-state index contributed by atoms with van der Waals surface area (Å²) in [6.07, 6.45) is 8.74. The van der Waals surface area contributed by atoms with E-state index in [1.165, 1.54) is 32.1 Å². The topological polar surface area (TPSA) is 41.5 Å². The van der Waals surface area contributed by atoms with Crippen LogP contribution in [0, 0.1) is 11.8 Å². The second kappa shape index (κ2) is 10.6. The Labute approximate surface area is 119 Å². The average Bonchev–Trinajstić information content (AvgIpc) is 2.40. The van der Waals surface area contributed by atoms with E-state index in [2.05, 4.69) is 19.2 Å². The minimum atomic E-state index is -0.359. The summed E-state index contributed by atoms with van der Waals surface area (Å²) in [4.78, 5) is 0. The van der Waals surface area contributed by atoms with Gasteiger partial charge < -0.3 is 15.2 Å². The van der Waals surface area contributed by atoms with Crippen LogP contribution >= 0.6 is 0 Å². The molecule has 3 atom stereocenters. The first-order valence-electron chi connectivity index (χ1n) is 8.18. The molecule has 3 unspecified atom stereocenters. The molecule has 0 bridgehead atoms. The smallest absolute Gasteiger partial charge is 0.0897 e. The van der Waals surface area contributed by atoms with Gasteiger partial charge in [0, 0.05) is 13.2 Å². The third-order valence-corrected chi connectivity index (χ3v) is 4.11. The molecule has 2 N–H and O–H groups in total. The fourth-order valence-electron chi connectivity index (χ4n) is 2.92. The second-order valence-corrected chi connectivity index (χ2v) is 6.21. The summed E-state index contributed by atoms with van der Waals surface area (Å²) in [6, 6.07) is 0. The maximum atomic E-state index is 9.74. The SMILES string of the molecule is CCCCOCC(O)CNCCC1CCCC(C)C1. The summed E-state index contributed by atoms with van der Waals surface area (Å²) in [6.45, 7) is 7.45. The number of ether oxygens (including phenoxy) is 1. The molecule has 0 saturated heterocycles. The normalized spacial score (nSPS) is 25.4. The van der Waals surface area contributed by atoms with Crippen LogP contribution in [-0.4, -0.2) is 37.5 Å².